The van der Waals surface area contributed by atoms with Gasteiger partial charge in [0.25, 0.3) is 5.91 Å². The number of halogens is 4. The van der Waals surface area contributed by atoms with Gasteiger partial charge in [-0.05, 0) is 6.07 Å². The molecule has 1 aromatic heterocycles. The number of carbonyl (C=O) groups is 1. The molecule has 0 aliphatic carbocycles. The molecule has 0 saturated carbocycles. The number of nitrogens with zero attached hydrogens (tertiary/aromatic N) is 2. The first-order chi connectivity index (χ1) is 8.89. The van der Waals surface area contributed by atoms with Gasteiger partial charge in [-0.15, -0.1) is 0 Å². The van der Waals surface area contributed by atoms with E-state index in [2.05, 4.69) is 10.3 Å². The highest BCUT2D eigenvalue weighted by molar-refractivity contribution is 6.33. The van der Waals surface area contributed by atoms with Gasteiger partial charge in [-0.3, -0.25) is 4.79 Å². The fraction of sp³-hybridized carbons (Fsp3) is 0.455. The maximum atomic E-state index is 12.5. The number of amides is 1. The van der Waals surface area contributed by atoms with Gasteiger partial charge in [-0.2, -0.15) is 13.2 Å². The highest BCUT2D eigenvalue weighted by Crippen LogP contribution is 2.31. The lowest BCUT2D eigenvalue weighted by Crippen LogP contribution is -2.46. The number of alkyl halides is 3. The molecule has 0 aromatic carbocycles. The van der Waals surface area contributed by atoms with Crippen molar-refractivity contribution in [3.8, 4) is 0 Å². The van der Waals surface area contributed by atoms with Crippen molar-refractivity contribution in [2.75, 3.05) is 26.2 Å². The van der Waals surface area contributed by atoms with Crippen molar-refractivity contribution in [3.05, 3.63) is 28.5 Å². The number of nitrogens with one attached hydrogen (secondary N) is 1. The molecule has 1 N–H and O–H groups in total. The highest BCUT2D eigenvalue weighted by Gasteiger charge is 2.32. The quantitative estimate of drug-likeness (QED) is 0.859. The molecule has 0 bridgehead atoms. The Morgan fingerprint density at radius 1 is 1.37 bits per heavy atom. The lowest BCUT2D eigenvalue weighted by atomic mass is 10.2. The van der Waals surface area contributed by atoms with Crippen molar-refractivity contribution >= 4 is 17.5 Å². The third-order valence-corrected chi connectivity index (χ3v) is 3.06. The van der Waals surface area contributed by atoms with E-state index in [1.54, 1.807) is 0 Å². The summed E-state index contributed by atoms with van der Waals surface area (Å²) >= 11 is 5.72. The lowest BCUT2D eigenvalue weighted by Gasteiger charge is -2.27. The van der Waals surface area contributed by atoms with Gasteiger partial charge in [0.15, 0.2) is 0 Å². The normalized spacial score (nSPS) is 16.5. The Bertz CT molecular complexity index is 487. The summed E-state index contributed by atoms with van der Waals surface area (Å²) in [5, 5.41) is 2.79. The molecule has 2 heterocycles. The maximum Gasteiger partial charge on any atom is 0.417 e. The molecule has 0 unspecified atom stereocenters. The molecule has 0 atom stereocenters. The van der Waals surface area contributed by atoms with Crippen LogP contribution in [0.2, 0.25) is 5.02 Å². The van der Waals surface area contributed by atoms with Gasteiger partial charge >= 0.3 is 6.18 Å². The van der Waals surface area contributed by atoms with Crippen molar-refractivity contribution < 1.29 is 18.0 Å². The summed E-state index contributed by atoms with van der Waals surface area (Å²) in [6, 6.07) is 0.726. The molecule has 2 rings (SSSR count). The monoisotopic (exact) mass is 293 g/mol. The van der Waals surface area contributed by atoms with Crippen LogP contribution in [0.25, 0.3) is 0 Å². The average Bonchev–Trinajstić information content (AvgIpc) is 2.38. The molecule has 1 aliphatic rings. The fourth-order valence-corrected chi connectivity index (χ4v) is 2.02. The van der Waals surface area contributed by atoms with Gasteiger partial charge in [0.05, 0.1) is 10.6 Å². The van der Waals surface area contributed by atoms with E-state index in [0.717, 1.165) is 6.07 Å². The number of piperazine rings is 1. The van der Waals surface area contributed by atoms with Crippen LogP contribution >= 0.6 is 11.6 Å². The number of hydrogen-bond acceptors (Lipinski definition) is 3. The largest absolute Gasteiger partial charge is 0.417 e. The van der Waals surface area contributed by atoms with E-state index in [1.165, 1.54) is 4.90 Å². The van der Waals surface area contributed by atoms with Gasteiger partial charge in [0, 0.05) is 32.4 Å². The van der Waals surface area contributed by atoms with E-state index in [1.807, 2.05) is 0 Å². The topological polar surface area (TPSA) is 45.2 Å². The Hall–Kier alpha value is -1.34. The number of hydrogen-bond donors (Lipinski definition) is 1. The van der Waals surface area contributed by atoms with E-state index in [9.17, 15) is 18.0 Å². The molecule has 104 valence electrons. The lowest BCUT2D eigenvalue weighted by molar-refractivity contribution is -0.137. The third-order valence-electron chi connectivity index (χ3n) is 2.78. The molecule has 1 fully saturated rings. The van der Waals surface area contributed by atoms with Gasteiger partial charge in [0.2, 0.25) is 0 Å². The maximum absolute atomic E-state index is 12.5. The predicted octanol–water partition coefficient (Wildman–Crippen LogP) is 1.80. The van der Waals surface area contributed by atoms with Crippen LogP contribution in [0.4, 0.5) is 13.2 Å². The zero-order valence-corrected chi connectivity index (χ0v) is 10.6. The predicted molar refractivity (Wildman–Crippen MR) is 63.0 cm³/mol. The molecule has 1 saturated heterocycles. The van der Waals surface area contributed by atoms with Gasteiger partial charge < -0.3 is 10.2 Å². The fourth-order valence-electron chi connectivity index (χ4n) is 1.77. The Morgan fingerprint density at radius 2 is 2.00 bits per heavy atom. The summed E-state index contributed by atoms with van der Waals surface area (Å²) < 4.78 is 37.4. The standard InChI is InChI=1S/C11H11ClF3N3O/c12-8-5-7(11(13,14)15)6-17-9(8)10(19)18-3-1-16-2-4-18/h5-6,16H,1-4H2. The smallest absolute Gasteiger partial charge is 0.335 e. The van der Waals surface area contributed by atoms with Crippen LogP contribution in [0.15, 0.2) is 12.3 Å². The number of carbonyl (C=O) groups excluding carboxylic acids is 1. The molecule has 1 amide bonds. The molecule has 0 spiro atoms. The molecule has 8 heteroatoms. The number of pyridine rings is 1. The summed E-state index contributed by atoms with van der Waals surface area (Å²) in [6.45, 7) is 2.25. The second-order valence-electron chi connectivity index (χ2n) is 4.09. The number of aromatic nitrogens is 1. The van der Waals surface area contributed by atoms with Crippen molar-refractivity contribution in [1.29, 1.82) is 0 Å². The highest BCUT2D eigenvalue weighted by atomic mass is 35.5. The third kappa shape index (κ3) is 3.16. The summed E-state index contributed by atoms with van der Waals surface area (Å²) in [5.74, 6) is -0.444. The van der Waals surface area contributed by atoms with Crippen LogP contribution in [0, 0.1) is 0 Å². The molecule has 1 aromatic rings. The van der Waals surface area contributed by atoms with Crippen molar-refractivity contribution in [1.82, 2.24) is 15.2 Å². The van der Waals surface area contributed by atoms with Crippen LogP contribution in [0.3, 0.4) is 0 Å². The van der Waals surface area contributed by atoms with Crippen LogP contribution < -0.4 is 5.32 Å². The Labute approximate surface area is 112 Å². The second-order valence-corrected chi connectivity index (χ2v) is 4.50. The molecule has 0 radical (unpaired) electrons. The molecule has 19 heavy (non-hydrogen) atoms. The average molecular weight is 294 g/mol. The van der Waals surface area contributed by atoms with Crippen LogP contribution in [-0.2, 0) is 6.18 Å². The first-order valence-electron chi connectivity index (χ1n) is 5.62. The summed E-state index contributed by atoms with van der Waals surface area (Å²) in [5.41, 5.74) is -1.11. The van der Waals surface area contributed by atoms with Gasteiger partial charge in [0.1, 0.15) is 5.69 Å². The summed E-state index contributed by atoms with van der Waals surface area (Å²) in [4.78, 5) is 17.1. The molecular weight excluding hydrogens is 283 g/mol. The van der Waals surface area contributed by atoms with E-state index in [0.29, 0.717) is 32.4 Å². The second kappa shape index (κ2) is 5.34. The molecule has 4 nitrogen and oxygen atoms in total. The molecule has 1 aliphatic heterocycles. The Morgan fingerprint density at radius 3 is 2.53 bits per heavy atom. The zero-order chi connectivity index (χ0) is 14.0. The first kappa shape index (κ1) is 14.1. The molecular formula is C11H11ClF3N3O. The summed E-state index contributed by atoms with van der Waals surface area (Å²) in [7, 11) is 0. The Kier molecular flexibility index (Phi) is 3.96. The van der Waals surface area contributed by atoms with E-state index in [4.69, 9.17) is 11.6 Å². The summed E-state index contributed by atoms with van der Waals surface area (Å²) in [6.07, 6.45) is -3.89. The van der Waals surface area contributed by atoms with Crippen LogP contribution in [0.1, 0.15) is 16.1 Å². The SMILES string of the molecule is O=C(c1ncc(C(F)(F)F)cc1Cl)N1CCNCC1. The van der Waals surface area contributed by atoms with Crippen LogP contribution in [0.5, 0.6) is 0 Å². The first-order valence-corrected chi connectivity index (χ1v) is 6.00. The Balaban J connectivity index is 2.23. The van der Waals surface area contributed by atoms with Crippen molar-refractivity contribution in [3.63, 3.8) is 0 Å². The van der Waals surface area contributed by atoms with Crippen molar-refractivity contribution in [2.45, 2.75) is 6.18 Å². The van der Waals surface area contributed by atoms with Crippen molar-refractivity contribution in [2.24, 2.45) is 0 Å². The minimum Gasteiger partial charge on any atom is -0.335 e. The van der Waals surface area contributed by atoms with E-state index >= 15 is 0 Å². The van der Waals surface area contributed by atoms with Gasteiger partial charge in [-0.25, -0.2) is 4.98 Å². The van der Waals surface area contributed by atoms with Gasteiger partial charge in [-0.1, -0.05) is 11.6 Å². The number of rotatable bonds is 1. The minimum atomic E-state index is -4.52. The van der Waals surface area contributed by atoms with E-state index < -0.39 is 17.6 Å². The zero-order valence-electron chi connectivity index (χ0n) is 9.80. The van der Waals surface area contributed by atoms with Crippen LogP contribution in [-0.4, -0.2) is 42.0 Å². The minimum absolute atomic E-state index is 0.142. The van der Waals surface area contributed by atoms with E-state index in [-0.39, 0.29) is 10.7 Å².